The minimum atomic E-state index is -0.978. The Labute approximate surface area is 165 Å². The molecule has 0 spiro atoms. The number of anilines is 1. The molecule has 0 unspecified atom stereocenters. The molecule has 2 bridgehead atoms. The predicted octanol–water partition coefficient (Wildman–Crippen LogP) is 2.30. The molecule has 0 radical (unpaired) electrons. The van der Waals surface area contributed by atoms with Gasteiger partial charge in [0, 0.05) is 0 Å². The number of nitrogens with one attached hydrogen (secondary N) is 1. The highest BCUT2D eigenvalue weighted by Gasteiger charge is 2.67. The third-order valence-corrected chi connectivity index (χ3v) is 6.59. The molecule has 2 aromatic rings. The lowest BCUT2D eigenvalue weighted by atomic mass is 9.77. The van der Waals surface area contributed by atoms with Gasteiger partial charge in [0.1, 0.15) is 5.60 Å². The molecule has 3 aliphatic rings. The van der Waals surface area contributed by atoms with Crippen molar-refractivity contribution in [2.75, 3.05) is 11.4 Å². The molecule has 1 N–H and O–H groups in total. The molecule has 28 heavy (non-hydrogen) atoms. The molecule has 2 fully saturated rings. The zero-order chi connectivity index (χ0) is 19.5. The number of amides is 3. The van der Waals surface area contributed by atoms with Crippen molar-refractivity contribution in [1.29, 1.82) is 0 Å². The number of imide groups is 1. The summed E-state index contributed by atoms with van der Waals surface area (Å²) < 4.78 is 6.05. The summed E-state index contributed by atoms with van der Waals surface area (Å²) >= 11 is 1.35. The van der Waals surface area contributed by atoms with Gasteiger partial charge in [-0.3, -0.25) is 14.4 Å². The first kappa shape index (κ1) is 17.3. The van der Waals surface area contributed by atoms with Crippen LogP contribution in [0.2, 0.25) is 0 Å². The van der Waals surface area contributed by atoms with Crippen LogP contribution in [0, 0.1) is 18.8 Å². The lowest BCUT2D eigenvalue weighted by Gasteiger charge is -2.29. The van der Waals surface area contributed by atoms with Crippen LogP contribution in [-0.2, 0) is 14.3 Å². The Kier molecular flexibility index (Phi) is 3.79. The zero-order valence-electron chi connectivity index (χ0n) is 15.1. The number of carbonyl (C=O) groups excluding carboxylic acids is 3. The number of aryl methyl sites for hydroxylation is 1. The number of benzene rings is 1. The van der Waals surface area contributed by atoms with E-state index >= 15 is 0 Å². The Morgan fingerprint density at radius 1 is 1.21 bits per heavy atom. The quantitative estimate of drug-likeness (QED) is 0.638. The zero-order valence-corrected chi connectivity index (χ0v) is 15.9. The first-order valence-corrected chi connectivity index (χ1v) is 10.0. The highest BCUT2D eigenvalue weighted by atomic mass is 32.1. The Morgan fingerprint density at radius 2 is 2.00 bits per heavy atom. The highest BCUT2D eigenvalue weighted by molar-refractivity contribution is 7.12. The molecule has 4 atom stereocenters. The standard InChI is InChI=1S/C21H18N2O4S/c1-12-4-6-13(7-5-12)23-19(25)16-14-8-9-21(27-14,17(16)20(23)26)11-22-18(24)15-3-2-10-28-15/h2-10,14,16-17H,11H2,1H3,(H,22,24)/t14-,16+,17-,21+/m1/s1. The Hall–Kier alpha value is -2.77. The second kappa shape index (κ2) is 6.12. The Morgan fingerprint density at radius 3 is 2.71 bits per heavy atom. The van der Waals surface area contributed by atoms with E-state index in [0.717, 1.165) is 5.56 Å². The van der Waals surface area contributed by atoms with Crippen LogP contribution >= 0.6 is 11.3 Å². The summed E-state index contributed by atoms with van der Waals surface area (Å²) in [6, 6.07) is 10.9. The molecule has 3 amide bonds. The molecule has 3 aliphatic heterocycles. The second-order valence-electron chi connectivity index (χ2n) is 7.41. The van der Waals surface area contributed by atoms with Crippen LogP contribution in [0.3, 0.4) is 0 Å². The fraction of sp³-hybridized carbons (Fsp3) is 0.286. The Bertz CT molecular complexity index is 998. The minimum absolute atomic E-state index is 0.151. The summed E-state index contributed by atoms with van der Waals surface area (Å²) in [5, 5.41) is 4.70. The molecule has 7 heteroatoms. The molecule has 1 aromatic carbocycles. The van der Waals surface area contributed by atoms with Crippen LogP contribution < -0.4 is 10.2 Å². The van der Waals surface area contributed by atoms with Crippen molar-refractivity contribution in [1.82, 2.24) is 5.32 Å². The summed E-state index contributed by atoms with van der Waals surface area (Å²) in [7, 11) is 0. The van der Waals surface area contributed by atoms with Crippen molar-refractivity contribution in [3.05, 3.63) is 64.4 Å². The third-order valence-electron chi connectivity index (χ3n) is 5.72. The van der Waals surface area contributed by atoms with Crippen LogP contribution in [0.4, 0.5) is 5.69 Å². The average Bonchev–Trinajstić information content (AvgIpc) is 3.45. The van der Waals surface area contributed by atoms with Gasteiger partial charge in [-0.05, 0) is 30.5 Å². The first-order chi connectivity index (χ1) is 13.5. The van der Waals surface area contributed by atoms with Crippen LogP contribution in [0.1, 0.15) is 15.2 Å². The molecular weight excluding hydrogens is 376 g/mol. The molecule has 0 aliphatic carbocycles. The number of carbonyl (C=O) groups is 3. The molecule has 2 saturated heterocycles. The van der Waals surface area contributed by atoms with Crippen molar-refractivity contribution in [3.8, 4) is 0 Å². The van der Waals surface area contributed by atoms with E-state index in [0.29, 0.717) is 10.6 Å². The number of hydrogen-bond donors (Lipinski definition) is 1. The maximum absolute atomic E-state index is 13.2. The summed E-state index contributed by atoms with van der Waals surface area (Å²) in [6.45, 7) is 2.11. The van der Waals surface area contributed by atoms with E-state index in [1.165, 1.54) is 16.2 Å². The van der Waals surface area contributed by atoms with Crippen molar-refractivity contribution in [2.24, 2.45) is 11.8 Å². The van der Waals surface area contributed by atoms with E-state index in [4.69, 9.17) is 4.74 Å². The van der Waals surface area contributed by atoms with Gasteiger partial charge in [0.2, 0.25) is 11.8 Å². The van der Waals surface area contributed by atoms with Gasteiger partial charge in [0.25, 0.3) is 5.91 Å². The normalized spacial score (nSPS) is 30.2. The van der Waals surface area contributed by atoms with E-state index < -0.39 is 23.5 Å². The number of ether oxygens (including phenoxy) is 1. The van der Waals surface area contributed by atoms with Gasteiger partial charge >= 0.3 is 0 Å². The predicted molar refractivity (Wildman–Crippen MR) is 104 cm³/mol. The summed E-state index contributed by atoms with van der Waals surface area (Å²) in [6.07, 6.45) is 3.23. The van der Waals surface area contributed by atoms with Gasteiger partial charge in [-0.25, -0.2) is 4.90 Å². The number of rotatable bonds is 4. The molecule has 1 aromatic heterocycles. The van der Waals surface area contributed by atoms with E-state index in [2.05, 4.69) is 5.32 Å². The lowest BCUT2D eigenvalue weighted by Crippen LogP contribution is -2.48. The number of nitrogens with zero attached hydrogens (tertiary/aromatic N) is 1. The third kappa shape index (κ3) is 2.40. The van der Waals surface area contributed by atoms with E-state index in [1.807, 2.05) is 42.7 Å². The highest BCUT2D eigenvalue weighted by Crippen LogP contribution is 2.52. The van der Waals surface area contributed by atoms with Gasteiger partial charge in [-0.2, -0.15) is 0 Å². The first-order valence-electron chi connectivity index (χ1n) is 9.13. The minimum Gasteiger partial charge on any atom is -0.360 e. The number of thiophene rings is 1. The van der Waals surface area contributed by atoms with Crippen LogP contribution in [-0.4, -0.2) is 36.0 Å². The smallest absolute Gasteiger partial charge is 0.261 e. The van der Waals surface area contributed by atoms with Crippen molar-refractivity contribution in [2.45, 2.75) is 18.6 Å². The molecular formula is C21H18N2O4S. The van der Waals surface area contributed by atoms with Gasteiger partial charge in [0.05, 0.1) is 35.0 Å². The SMILES string of the molecule is Cc1ccc(N2C(=O)[C@H]3[C@H]4C=C[C@@](CNC(=O)c5cccs5)(O4)[C@H]3C2=O)cc1. The summed E-state index contributed by atoms with van der Waals surface area (Å²) in [4.78, 5) is 40.5. The fourth-order valence-electron chi connectivity index (χ4n) is 4.37. The van der Waals surface area contributed by atoms with Gasteiger partial charge in [-0.15, -0.1) is 11.3 Å². The van der Waals surface area contributed by atoms with Gasteiger partial charge < -0.3 is 10.1 Å². The van der Waals surface area contributed by atoms with E-state index in [1.54, 1.807) is 18.2 Å². The molecule has 5 rings (SSSR count). The average molecular weight is 394 g/mol. The van der Waals surface area contributed by atoms with Crippen molar-refractivity contribution >= 4 is 34.7 Å². The van der Waals surface area contributed by atoms with Crippen molar-refractivity contribution < 1.29 is 19.1 Å². The van der Waals surface area contributed by atoms with Crippen molar-refractivity contribution in [3.63, 3.8) is 0 Å². The molecule has 142 valence electrons. The van der Waals surface area contributed by atoms with Crippen LogP contribution in [0.5, 0.6) is 0 Å². The molecule has 6 nitrogen and oxygen atoms in total. The van der Waals surface area contributed by atoms with E-state index in [9.17, 15) is 14.4 Å². The Balaban J connectivity index is 1.42. The lowest BCUT2D eigenvalue weighted by molar-refractivity contribution is -0.126. The van der Waals surface area contributed by atoms with E-state index in [-0.39, 0.29) is 24.3 Å². The van der Waals surface area contributed by atoms with Crippen LogP contribution in [0.15, 0.2) is 53.9 Å². The summed E-state index contributed by atoms with van der Waals surface area (Å²) in [5.41, 5.74) is 0.655. The largest absolute Gasteiger partial charge is 0.360 e. The number of hydrogen-bond acceptors (Lipinski definition) is 5. The molecule has 4 heterocycles. The van der Waals surface area contributed by atoms with Crippen LogP contribution in [0.25, 0.3) is 0 Å². The second-order valence-corrected chi connectivity index (χ2v) is 8.36. The fourth-order valence-corrected chi connectivity index (χ4v) is 5.01. The van der Waals surface area contributed by atoms with Gasteiger partial charge in [0.15, 0.2) is 0 Å². The maximum Gasteiger partial charge on any atom is 0.261 e. The monoisotopic (exact) mass is 394 g/mol. The molecule has 0 saturated carbocycles. The van der Waals surface area contributed by atoms with Gasteiger partial charge in [-0.1, -0.05) is 35.9 Å². The summed E-state index contributed by atoms with van der Waals surface area (Å²) in [5.74, 6) is -1.88. The number of fused-ring (bicyclic) bond motifs is 5. The topological polar surface area (TPSA) is 75.7 Å². The maximum atomic E-state index is 13.2.